The van der Waals surface area contributed by atoms with Crippen molar-refractivity contribution in [3.05, 3.63) is 48.0 Å². The van der Waals surface area contributed by atoms with Gasteiger partial charge in [0.15, 0.2) is 0 Å². The molecular formula is C18H18O3. The predicted octanol–water partition coefficient (Wildman–Crippen LogP) is 4.63. The van der Waals surface area contributed by atoms with E-state index in [9.17, 15) is 4.79 Å². The summed E-state index contributed by atoms with van der Waals surface area (Å²) in [4.78, 5) is 10.7. The Labute approximate surface area is 123 Å². The lowest BCUT2D eigenvalue weighted by molar-refractivity contribution is -0.138. The highest BCUT2D eigenvalue weighted by Crippen LogP contribution is 2.29. The van der Waals surface area contributed by atoms with Crippen LogP contribution in [0.2, 0.25) is 0 Å². The summed E-state index contributed by atoms with van der Waals surface area (Å²) in [6.45, 7) is 1.99. The molecule has 3 aromatic rings. The van der Waals surface area contributed by atoms with E-state index in [4.69, 9.17) is 9.52 Å². The minimum Gasteiger partial charge on any atom is -0.481 e. The third-order valence-electron chi connectivity index (χ3n) is 3.89. The van der Waals surface area contributed by atoms with Crippen LogP contribution >= 0.6 is 0 Å². The molecule has 0 fully saturated rings. The number of benzene rings is 2. The number of carboxylic acid groups (broad SMARTS) is 1. The molecule has 3 nitrogen and oxygen atoms in total. The van der Waals surface area contributed by atoms with E-state index < -0.39 is 5.97 Å². The monoisotopic (exact) mass is 282 g/mol. The number of furan rings is 1. The molecule has 1 N–H and O–H groups in total. The summed E-state index contributed by atoms with van der Waals surface area (Å²) in [5.74, 6) is -0.530. The van der Waals surface area contributed by atoms with Crippen LogP contribution in [0.3, 0.4) is 0 Å². The maximum atomic E-state index is 10.7. The number of fused-ring (bicyclic) bond motifs is 3. The maximum Gasteiger partial charge on any atom is 0.303 e. The van der Waals surface area contributed by atoms with Crippen molar-refractivity contribution in [2.75, 3.05) is 0 Å². The highest BCUT2D eigenvalue weighted by atomic mass is 16.4. The second kappa shape index (κ2) is 5.60. The zero-order valence-corrected chi connectivity index (χ0v) is 12.0. The van der Waals surface area contributed by atoms with Gasteiger partial charge in [-0.1, -0.05) is 31.2 Å². The van der Waals surface area contributed by atoms with Gasteiger partial charge < -0.3 is 9.52 Å². The predicted molar refractivity (Wildman–Crippen MR) is 83.5 cm³/mol. The van der Waals surface area contributed by atoms with Gasteiger partial charge in [-0.3, -0.25) is 4.79 Å². The first-order chi connectivity index (χ1) is 10.1. The van der Waals surface area contributed by atoms with E-state index in [2.05, 4.69) is 18.2 Å². The molecule has 0 unspecified atom stereocenters. The molecule has 0 bridgehead atoms. The lowest BCUT2D eigenvalue weighted by Gasteiger charge is -2.08. The molecule has 0 saturated carbocycles. The molecule has 1 heterocycles. The van der Waals surface area contributed by atoms with Crippen LogP contribution in [-0.4, -0.2) is 11.1 Å². The quantitative estimate of drug-likeness (QED) is 0.742. The Kier molecular flexibility index (Phi) is 3.65. The first-order valence-electron chi connectivity index (χ1n) is 7.25. The van der Waals surface area contributed by atoms with Crippen LogP contribution in [0.1, 0.15) is 25.3 Å². The number of hydrogen-bond acceptors (Lipinski definition) is 2. The van der Waals surface area contributed by atoms with Gasteiger partial charge in [-0.05, 0) is 42.5 Å². The van der Waals surface area contributed by atoms with Gasteiger partial charge in [0.05, 0.1) is 0 Å². The topological polar surface area (TPSA) is 50.4 Å². The molecule has 0 aliphatic heterocycles. The highest BCUT2D eigenvalue weighted by molar-refractivity contribution is 6.04. The zero-order chi connectivity index (χ0) is 14.8. The Morgan fingerprint density at radius 2 is 1.90 bits per heavy atom. The molecule has 0 aliphatic rings. The van der Waals surface area contributed by atoms with Gasteiger partial charge in [-0.25, -0.2) is 0 Å². The van der Waals surface area contributed by atoms with Gasteiger partial charge in [-0.15, -0.1) is 0 Å². The molecule has 1 atom stereocenters. The van der Waals surface area contributed by atoms with E-state index in [0.717, 1.165) is 34.8 Å². The van der Waals surface area contributed by atoms with Crippen LogP contribution in [0.4, 0.5) is 0 Å². The van der Waals surface area contributed by atoms with Gasteiger partial charge in [0, 0.05) is 17.2 Å². The van der Waals surface area contributed by atoms with Crippen molar-refractivity contribution < 1.29 is 14.3 Å². The van der Waals surface area contributed by atoms with Gasteiger partial charge in [-0.2, -0.15) is 0 Å². The summed E-state index contributed by atoms with van der Waals surface area (Å²) in [6, 6.07) is 14.3. The number of aryl methyl sites for hydroxylation is 1. The molecule has 0 radical (unpaired) electrons. The Bertz CT molecular complexity index is 785. The Hall–Kier alpha value is -2.29. The molecular weight excluding hydrogens is 264 g/mol. The molecule has 0 spiro atoms. The normalized spacial score (nSPS) is 12.8. The molecule has 2 aromatic carbocycles. The summed E-state index contributed by atoms with van der Waals surface area (Å²) in [5, 5.41) is 11.1. The highest BCUT2D eigenvalue weighted by Gasteiger charge is 2.10. The molecule has 1 aromatic heterocycles. The van der Waals surface area contributed by atoms with Crippen LogP contribution in [0, 0.1) is 5.92 Å². The van der Waals surface area contributed by atoms with E-state index >= 15 is 0 Å². The summed E-state index contributed by atoms with van der Waals surface area (Å²) >= 11 is 0. The first-order valence-corrected chi connectivity index (χ1v) is 7.25. The van der Waals surface area contributed by atoms with Gasteiger partial charge in [0.25, 0.3) is 0 Å². The minimum absolute atomic E-state index is 0.194. The van der Waals surface area contributed by atoms with Gasteiger partial charge >= 0.3 is 5.97 Å². The molecule has 3 rings (SSSR count). The fourth-order valence-corrected chi connectivity index (χ4v) is 2.74. The Morgan fingerprint density at radius 3 is 2.71 bits per heavy atom. The minimum atomic E-state index is -0.723. The fraction of sp³-hybridized carbons (Fsp3) is 0.278. The first kappa shape index (κ1) is 13.7. The van der Waals surface area contributed by atoms with Crippen molar-refractivity contribution in [1.82, 2.24) is 0 Å². The largest absolute Gasteiger partial charge is 0.481 e. The average Bonchev–Trinajstić information content (AvgIpc) is 2.82. The van der Waals surface area contributed by atoms with Crippen LogP contribution < -0.4 is 0 Å². The van der Waals surface area contributed by atoms with Crippen LogP contribution in [0.25, 0.3) is 21.9 Å². The second-order valence-corrected chi connectivity index (χ2v) is 5.67. The number of hydrogen-bond donors (Lipinski definition) is 1. The van der Waals surface area contributed by atoms with Crippen LogP contribution in [0.15, 0.2) is 46.9 Å². The summed E-state index contributed by atoms with van der Waals surface area (Å²) < 4.78 is 5.81. The van der Waals surface area contributed by atoms with E-state index in [-0.39, 0.29) is 12.3 Å². The van der Waals surface area contributed by atoms with Crippen LogP contribution in [-0.2, 0) is 11.2 Å². The third kappa shape index (κ3) is 2.92. The smallest absolute Gasteiger partial charge is 0.303 e. The number of para-hydroxylation sites is 1. The Balaban J connectivity index is 1.83. The summed E-state index contributed by atoms with van der Waals surface area (Å²) in [7, 11) is 0. The molecule has 0 saturated heterocycles. The fourth-order valence-electron chi connectivity index (χ4n) is 2.74. The zero-order valence-electron chi connectivity index (χ0n) is 12.0. The van der Waals surface area contributed by atoms with Crippen molar-refractivity contribution in [3.63, 3.8) is 0 Å². The van der Waals surface area contributed by atoms with E-state index in [1.54, 1.807) is 0 Å². The van der Waals surface area contributed by atoms with Gasteiger partial charge in [0.2, 0.25) is 0 Å². The van der Waals surface area contributed by atoms with Crippen LogP contribution in [0.5, 0.6) is 0 Å². The molecule has 0 amide bonds. The molecule has 108 valence electrons. The lowest BCUT2D eigenvalue weighted by Crippen LogP contribution is -2.05. The van der Waals surface area contributed by atoms with Crippen molar-refractivity contribution >= 4 is 27.9 Å². The summed E-state index contributed by atoms with van der Waals surface area (Å²) in [6.07, 6.45) is 2.01. The van der Waals surface area contributed by atoms with Crippen molar-refractivity contribution in [2.45, 2.75) is 26.2 Å². The molecule has 3 heteroatoms. The maximum absolute atomic E-state index is 10.7. The number of carboxylic acids is 1. The summed E-state index contributed by atoms with van der Waals surface area (Å²) in [5.41, 5.74) is 3.04. The van der Waals surface area contributed by atoms with E-state index in [0.29, 0.717) is 0 Å². The van der Waals surface area contributed by atoms with Crippen molar-refractivity contribution in [2.24, 2.45) is 5.92 Å². The second-order valence-electron chi connectivity index (χ2n) is 5.67. The number of rotatable bonds is 5. The molecule has 21 heavy (non-hydrogen) atoms. The van der Waals surface area contributed by atoms with E-state index in [1.165, 1.54) is 5.56 Å². The van der Waals surface area contributed by atoms with Crippen molar-refractivity contribution in [1.29, 1.82) is 0 Å². The van der Waals surface area contributed by atoms with Gasteiger partial charge in [0.1, 0.15) is 11.2 Å². The Morgan fingerprint density at radius 1 is 1.14 bits per heavy atom. The van der Waals surface area contributed by atoms with Crippen molar-refractivity contribution in [3.8, 4) is 0 Å². The average molecular weight is 282 g/mol. The number of aliphatic carboxylic acids is 1. The number of carbonyl (C=O) groups is 1. The standard InChI is InChI=1S/C18H18O3/c1-12(10-18(19)20)6-7-13-8-9-17-15(11-13)14-4-2-3-5-16(14)21-17/h2-5,8-9,11-12H,6-7,10H2,1H3,(H,19,20)/t12-/m1/s1. The molecule has 0 aliphatic carbocycles. The third-order valence-corrected chi connectivity index (χ3v) is 3.89. The SMILES string of the molecule is C[C@H](CCc1ccc2oc3ccccc3c2c1)CC(=O)O. The van der Waals surface area contributed by atoms with E-state index in [1.807, 2.05) is 31.2 Å². The lowest BCUT2D eigenvalue weighted by atomic mass is 9.97.